The zero-order valence-corrected chi connectivity index (χ0v) is 43.9. The summed E-state index contributed by atoms with van der Waals surface area (Å²) in [5, 5.41) is 40.2. The number of alkyl carbamates (subject to hydrolysis) is 1. The Bertz CT molecular complexity index is 1690. The van der Waals surface area contributed by atoms with Crippen molar-refractivity contribution in [2.45, 2.75) is 203 Å². The summed E-state index contributed by atoms with van der Waals surface area (Å²) in [5.41, 5.74) is 4.60. The van der Waals surface area contributed by atoms with Crippen LogP contribution in [0.25, 0.3) is 0 Å². The van der Waals surface area contributed by atoms with Gasteiger partial charge in [-0.05, 0) is 105 Å². The summed E-state index contributed by atoms with van der Waals surface area (Å²) in [5.74, 6) is -4.71. The third-order valence-corrected chi connectivity index (χ3v) is 10.1. The monoisotopic (exact) mass is 985 g/mol. The molecule has 0 aliphatic carbocycles. The molecular formula is C46H88N12O11. The zero-order chi connectivity index (χ0) is 53.5. The van der Waals surface area contributed by atoms with E-state index in [1.165, 1.54) is 27.7 Å². The molecule has 0 aliphatic heterocycles. The van der Waals surface area contributed by atoms with Crippen molar-refractivity contribution in [3.05, 3.63) is 0 Å². The van der Waals surface area contributed by atoms with Gasteiger partial charge in [0.1, 0.15) is 41.9 Å². The van der Waals surface area contributed by atoms with Crippen LogP contribution in [-0.2, 0) is 38.3 Å². The van der Waals surface area contributed by atoms with Gasteiger partial charge in [-0.1, -0.05) is 55.4 Å². The number of aliphatic hydroxyl groups is 1. The molecule has 69 heavy (non-hydrogen) atoms. The number of amides is 10. The molecule has 0 spiro atoms. The largest absolute Gasteiger partial charge is 0.444 e. The molecule has 0 aromatic heterocycles. The molecule has 0 fully saturated rings. The molecule has 0 saturated carbocycles. The standard InChI is InChI=1S/C46H88N12O11/c1-23(2)17-32(55-44(67)48-21-27(9)50-45(68)69-46(14,15)16)22-49-43(66)54-31(13)39(62)58-35(20-26(7)8)42(65)53-30(12)38(61)57-34(19-25(5)6)41(64)52-29(11)37(60)56-33(18-24(3)4)40(63)51-28(10)36(47)59/h23-35,43,49,54,66H,17-22H2,1-16H3,(H2,47,59)(H,50,68)(H,51,63)(H,52,64)(H,53,65)(H,56,60)(H,57,61)(H,58,62)(H2,48,55,67)/t27-,28-,29-,30-,31-,32-,33-,34-,35-,43?/m0/s1. The molecule has 23 heteroatoms. The lowest BCUT2D eigenvalue weighted by atomic mass is 10.0. The molecule has 23 nitrogen and oxygen atoms in total. The molecule has 10 atom stereocenters. The first-order valence-electron chi connectivity index (χ1n) is 24.0. The Hall–Kier alpha value is -5.29. The van der Waals surface area contributed by atoms with Crippen molar-refractivity contribution >= 4 is 53.5 Å². The normalized spacial score (nSPS) is 16.0. The highest BCUT2D eigenvalue weighted by Gasteiger charge is 2.32. The van der Waals surface area contributed by atoms with Gasteiger partial charge >= 0.3 is 12.1 Å². The molecule has 10 amide bonds. The van der Waals surface area contributed by atoms with E-state index < -0.39 is 120 Å². The van der Waals surface area contributed by atoms with Crippen molar-refractivity contribution in [2.75, 3.05) is 13.1 Å². The van der Waals surface area contributed by atoms with Gasteiger partial charge in [-0.25, -0.2) is 9.59 Å². The lowest BCUT2D eigenvalue weighted by molar-refractivity contribution is -0.135. The van der Waals surface area contributed by atoms with Crippen LogP contribution < -0.4 is 64.2 Å². The van der Waals surface area contributed by atoms with E-state index in [-0.39, 0.29) is 56.0 Å². The Kier molecular flexibility index (Phi) is 28.7. The van der Waals surface area contributed by atoms with E-state index in [9.17, 15) is 48.3 Å². The maximum atomic E-state index is 13.6. The average Bonchev–Trinajstić information content (AvgIpc) is 3.19. The quantitative estimate of drug-likeness (QED) is 0.0424. The van der Waals surface area contributed by atoms with Crippen LogP contribution in [0.2, 0.25) is 0 Å². The predicted molar refractivity (Wildman–Crippen MR) is 261 cm³/mol. The Morgan fingerprint density at radius 1 is 0.478 bits per heavy atom. The fraction of sp³-hybridized carbons (Fsp3) is 0.804. The van der Waals surface area contributed by atoms with Crippen LogP contribution >= 0.6 is 0 Å². The number of carbonyl (C=O) groups is 9. The number of hydrogen-bond donors (Lipinski definition) is 13. The van der Waals surface area contributed by atoms with Crippen molar-refractivity contribution in [3.63, 3.8) is 0 Å². The first kappa shape index (κ1) is 63.7. The van der Waals surface area contributed by atoms with Crippen molar-refractivity contribution < 1.29 is 53.0 Å². The van der Waals surface area contributed by atoms with Crippen LogP contribution in [0.4, 0.5) is 9.59 Å². The summed E-state index contributed by atoms with van der Waals surface area (Å²) in [6.45, 7) is 27.9. The van der Waals surface area contributed by atoms with E-state index in [2.05, 4.69) is 58.5 Å². The lowest BCUT2D eigenvalue weighted by Gasteiger charge is -2.27. The first-order chi connectivity index (χ1) is 31.7. The minimum absolute atomic E-state index is 0.0194. The van der Waals surface area contributed by atoms with Crippen molar-refractivity contribution in [1.29, 1.82) is 0 Å². The summed E-state index contributed by atoms with van der Waals surface area (Å²) in [6, 6.07) is -8.87. The Labute approximate surface area is 409 Å². The Balaban J connectivity index is 5.56. The topological polar surface area (TPSA) is 341 Å². The second-order valence-electron chi connectivity index (χ2n) is 20.6. The number of ether oxygens (including phenoxy) is 1. The van der Waals surface area contributed by atoms with E-state index in [0.29, 0.717) is 6.42 Å². The van der Waals surface area contributed by atoms with Crippen LogP contribution in [-0.4, -0.2) is 138 Å². The van der Waals surface area contributed by atoms with Gasteiger partial charge in [0, 0.05) is 25.2 Å². The molecule has 0 aliphatic rings. The zero-order valence-electron chi connectivity index (χ0n) is 43.9. The second kappa shape index (κ2) is 31.0. The fourth-order valence-electron chi connectivity index (χ4n) is 6.57. The van der Waals surface area contributed by atoms with Crippen molar-refractivity contribution in [2.24, 2.45) is 29.4 Å². The maximum absolute atomic E-state index is 13.6. The van der Waals surface area contributed by atoms with Gasteiger partial charge in [0.05, 0.1) is 6.04 Å². The van der Waals surface area contributed by atoms with E-state index in [4.69, 9.17) is 10.5 Å². The van der Waals surface area contributed by atoms with Gasteiger partial charge in [-0.3, -0.25) is 44.2 Å². The van der Waals surface area contributed by atoms with Gasteiger partial charge < -0.3 is 63.4 Å². The minimum atomic E-state index is -1.40. The van der Waals surface area contributed by atoms with E-state index in [0.717, 1.165) is 0 Å². The molecular weight excluding hydrogens is 897 g/mol. The molecule has 0 heterocycles. The van der Waals surface area contributed by atoms with E-state index >= 15 is 0 Å². The lowest BCUT2D eigenvalue weighted by Crippen LogP contribution is -2.60. The SMILES string of the molecule is CC(C)C[C@@H](CNC(O)N[C@@H](C)C(=O)N[C@@H](CC(C)C)C(=O)N[C@@H](C)C(=O)N[C@@H](CC(C)C)C(=O)N[C@@H](C)C(=O)N[C@@H](CC(C)C)C(=O)N[C@@H](C)C(N)=O)NC(=O)NC[C@H](C)NC(=O)OC(C)(C)C. The molecule has 14 N–H and O–H groups in total. The number of rotatable bonds is 30. The van der Waals surface area contributed by atoms with Gasteiger partial charge in [-0.2, -0.15) is 0 Å². The smallest absolute Gasteiger partial charge is 0.407 e. The minimum Gasteiger partial charge on any atom is -0.444 e. The molecule has 0 rings (SSSR count). The molecule has 0 saturated heterocycles. The number of hydrogen-bond acceptors (Lipinski definition) is 13. The first-order valence-corrected chi connectivity index (χ1v) is 24.0. The third-order valence-electron chi connectivity index (χ3n) is 10.1. The highest BCUT2D eigenvalue weighted by molar-refractivity contribution is 5.97. The summed E-state index contributed by atoms with van der Waals surface area (Å²) in [7, 11) is 0. The van der Waals surface area contributed by atoms with Crippen molar-refractivity contribution in [3.8, 4) is 0 Å². The Morgan fingerprint density at radius 2 is 0.855 bits per heavy atom. The fourth-order valence-corrected chi connectivity index (χ4v) is 6.57. The molecule has 0 aromatic rings. The molecule has 1 unspecified atom stereocenters. The summed E-state index contributed by atoms with van der Waals surface area (Å²) in [6.07, 6.45) is -0.853. The number of aliphatic hydroxyl groups excluding tert-OH is 1. The molecule has 0 aromatic carbocycles. The van der Waals surface area contributed by atoms with Crippen LogP contribution in [0.15, 0.2) is 0 Å². The van der Waals surface area contributed by atoms with E-state index in [1.807, 2.05) is 55.4 Å². The summed E-state index contributed by atoms with van der Waals surface area (Å²) >= 11 is 0. The van der Waals surface area contributed by atoms with Gasteiger partial charge in [-0.15, -0.1) is 0 Å². The second-order valence-corrected chi connectivity index (χ2v) is 20.6. The number of primary amides is 1. The van der Waals surface area contributed by atoms with Gasteiger partial charge in [0.25, 0.3) is 0 Å². The molecule has 0 bridgehead atoms. The molecule has 0 radical (unpaired) electrons. The van der Waals surface area contributed by atoms with Crippen LogP contribution in [0, 0.1) is 23.7 Å². The number of nitrogens with two attached hydrogens (primary N) is 1. The summed E-state index contributed by atoms with van der Waals surface area (Å²) < 4.78 is 5.24. The van der Waals surface area contributed by atoms with Gasteiger partial charge in [0.15, 0.2) is 6.35 Å². The number of nitrogens with one attached hydrogen (secondary N) is 11. The third kappa shape index (κ3) is 28.7. The van der Waals surface area contributed by atoms with Crippen LogP contribution in [0.5, 0.6) is 0 Å². The summed E-state index contributed by atoms with van der Waals surface area (Å²) in [4.78, 5) is 116. The maximum Gasteiger partial charge on any atom is 0.407 e. The van der Waals surface area contributed by atoms with Crippen LogP contribution in [0.3, 0.4) is 0 Å². The predicted octanol–water partition coefficient (Wildman–Crippen LogP) is 0.0492. The van der Waals surface area contributed by atoms with Crippen LogP contribution in [0.1, 0.15) is 136 Å². The Morgan fingerprint density at radius 3 is 1.22 bits per heavy atom. The molecule has 398 valence electrons. The highest BCUT2D eigenvalue weighted by Crippen LogP contribution is 2.11. The van der Waals surface area contributed by atoms with Gasteiger partial charge in [0.2, 0.25) is 41.4 Å². The number of carbonyl (C=O) groups excluding carboxylic acids is 9. The van der Waals surface area contributed by atoms with Crippen molar-refractivity contribution in [1.82, 2.24) is 58.5 Å². The van der Waals surface area contributed by atoms with E-state index in [1.54, 1.807) is 27.7 Å². The highest BCUT2D eigenvalue weighted by atomic mass is 16.6. The average molecular weight is 985 g/mol. The number of urea groups is 1.